The second kappa shape index (κ2) is 5.80. The lowest BCUT2D eigenvalue weighted by molar-refractivity contribution is 0.528. The first-order valence-corrected chi connectivity index (χ1v) is 8.28. The van der Waals surface area contributed by atoms with E-state index in [0.29, 0.717) is 11.8 Å². The van der Waals surface area contributed by atoms with Crippen molar-refractivity contribution >= 4 is 22.1 Å². The molecule has 0 radical (unpaired) electrons. The van der Waals surface area contributed by atoms with E-state index in [1.54, 1.807) is 11.3 Å². The van der Waals surface area contributed by atoms with Gasteiger partial charge in [0.2, 0.25) is 0 Å². The zero-order valence-corrected chi connectivity index (χ0v) is 12.5. The number of aromatic nitrogens is 2. The van der Waals surface area contributed by atoms with Crippen LogP contribution in [0.4, 0.5) is 0 Å². The molecule has 0 aliphatic rings. The highest BCUT2D eigenvalue weighted by atomic mass is 32.2. The maximum absolute atomic E-state index is 12.3. The van der Waals surface area contributed by atoms with Crippen LogP contribution in [0.2, 0.25) is 0 Å². The molecule has 2 aromatic heterocycles. The van der Waals surface area contributed by atoms with Gasteiger partial charge in [0.25, 0.3) is 0 Å². The molecule has 2 atom stereocenters. The van der Waals surface area contributed by atoms with Crippen LogP contribution in [0.5, 0.6) is 0 Å². The van der Waals surface area contributed by atoms with Crippen molar-refractivity contribution in [1.82, 2.24) is 9.78 Å². The molecule has 2 rings (SSSR count). The molecule has 0 aromatic carbocycles. The Labute approximate surface area is 114 Å². The van der Waals surface area contributed by atoms with E-state index in [1.807, 2.05) is 41.4 Å². The summed E-state index contributed by atoms with van der Waals surface area (Å²) in [7, 11) is -0.910. The number of hydrogen-bond donors (Lipinski definition) is 0. The molecule has 0 aliphatic heterocycles. The van der Waals surface area contributed by atoms with Crippen molar-refractivity contribution in [2.45, 2.75) is 37.8 Å². The maximum atomic E-state index is 12.3. The van der Waals surface area contributed by atoms with Crippen molar-refractivity contribution in [3.05, 3.63) is 40.3 Å². The third kappa shape index (κ3) is 3.09. The number of thiophene rings is 1. The molecule has 0 saturated heterocycles. The Morgan fingerprint density at radius 3 is 2.72 bits per heavy atom. The van der Waals surface area contributed by atoms with E-state index in [2.05, 4.69) is 18.9 Å². The third-order valence-corrected chi connectivity index (χ3v) is 5.65. The molecule has 2 heterocycles. The topological polar surface area (TPSA) is 34.9 Å². The average Bonchev–Trinajstić information content (AvgIpc) is 2.98. The second-order valence-electron chi connectivity index (χ2n) is 4.56. The van der Waals surface area contributed by atoms with Crippen LogP contribution < -0.4 is 0 Å². The number of nitrogens with zero attached hydrogens (tertiary/aromatic N) is 2. The molecule has 5 heteroatoms. The summed E-state index contributed by atoms with van der Waals surface area (Å²) in [6.07, 6.45) is 1.95. The summed E-state index contributed by atoms with van der Waals surface area (Å²) in [6, 6.07) is 6.35. The first kappa shape index (κ1) is 13.5. The predicted molar refractivity (Wildman–Crippen MR) is 77.2 cm³/mol. The van der Waals surface area contributed by atoms with Gasteiger partial charge in [0.05, 0.1) is 16.7 Å². The van der Waals surface area contributed by atoms with E-state index in [-0.39, 0.29) is 5.25 Å². The number of hydrogen-bond acceptors (Lipinski definition) is 3. The summed E-state index contributed by atoms with van der Waals surface area (Å²) in [6.45, 7) is 6.19. The Hall–Kier alpha value is -0.940. The summed E-state index contributed by atoms with van der Waals surface area (Å²) >= 11 is 1.66. The highest BCUT2D eigenvalue weighted by Gasteiger charge is 2.16. The lowest BCUT2D eigenvalue weighted by Crippen LogP contribution is -2.06. The van der Waals surface area contributed by atoms with E-state index >= 15 is 0 Å². The molecular formula is C13H18N2OS2. The van der Waals surface area contributed by atoms with Crippen molar-refractivity contribution in [3.63, 3.8) is 0 Å². The minimum atomic E-state index is -0.910. The van der Waals surface area contributed by atoms with Crippen molar-refractivity contribution in [3.8, 4) is 0 Å². The lowest BCUT2D eigenvalue weighted by Gasteiger charge is -2.08. The Kier molecular flexibility index (Phi) is 4.35. The van der Waals surface area contributed by atoms with Gasteiger partial charge in [0.15, 0.2) is 0 Å². The van der Waals surface area contributed by atoms with Crippen LogP contribution in [0, 0.1) is 0 Å². The first-order valence-electron chi connectivity index (χ1n) is 6.02. The second-order valence-corrected chi connectivity index (χ2v) is 7.30. The average molecular weight is 282 g/mol. The minimum absolute atomic E-state index is 0.0780. The van der Waals surface area contributed by atoms with Crippen LogP contribution in [0.25, 0.3) is 0 Å². The fourth-order valence-electron chi connectivity index (χ4n) is 1.66. The molecule has 0 unspecified atom stereocenters. The molecule has 0 amide bonds. The summed E-state index contributed by atoms with van der Waals surface area (Å²) < 4.78 is 14.2. The van der Waals surface area contributed by atoms with Gasteiger partial charge in [-0.15, -0.1) is 11.3 Å². The maximum Gasteiger partial charge on any atom is 0.0749 e. The summed E-state index contributed by atoms with van der Waals surface area (Å²) in [5.74, 6) is 0.527. The smallest absolute Gasteiger partial charge is 0.0749 e. The largest absolute Gasteiger partial charge is 0.270 e. The van der Waals surface area contributed by atoms with E-state index < -0.39 is 10.8 Å². The van der Waals surface area contributed by atoms with Gasteiger partial charge in [-0.1, -0.05) is 6.07 Å². The molecule has 0 fully saturated rings. The van der Waals surface area contributed by atoms with Gasteiger partial charge in [-0.05, 0) is 38.3 Å². The normalized spacial score (nSPS) is 14.9. The van der Waals surface area contributed by atoms with E-state index in [0.717, 1.165) is 5.69 Å². The van der Waals surface area contributed by atoms with Crippen LogP contribution in [0.3, 0.4) is 0 Å². The van der Waals surface area contributed by atoms with Crippen LogP contribution >= 0.6 is 11.3 Å². The van der Waals surface area contributed by atoms with Gasteiger partial charge in [-0.2, -0.15) is 5.10 Å². The SMILES string of the molecule is CC(C)n1ccc(C[S@](=O)[C@@H](C)c2cccs2)n1. The fraction of sp³-hybridized carbons (Fsp3) is 0.462. The Bertz CT molecular complexity index is 517. The molecular weight excluding hydrogens is 264 g/mol. The van der Waals surface area contributed by atoms with Gasteiger partial charge in [-0.25, -0.2) is 0 Å². The quantitative estimate of drug-likeness (QED) is 0.841. The first-order chi connectivity index (χ1) is 8.58. The standard InChI is InChI=1S/C13H18N2OS2/c1-10(2)15-7-6-12(14-15)9-18(16)11(3)13-5-4-8-17-13/h4-8,10-11H,9H2,1-3H3/t11-,18-/m0/s1. The Morgan fingerprint density at radius 1 is 1.39 bits per heavy atom. The van der Waals surface area contributed by atoms with Crippen molar-refractivity contribution in [2.75, 3.05) is 0 Å². The zero-order chi connectivity index (χ0) is 13.1. The Balaban J connectivity index is 2.02. The minimum Gasteiger partial charge on any atom is -0.270 e. The highest BCUT2D eigenvalue weighted by molar-refractivity contribution is 7.84. The molecule has 0 saturated carbocycles. The lowest BCUT2D eigenvalue weighted by atomic mass is 10.4. The van der Waals surface area contributed by atoms with Crippen molar-refractivity contribution in [2.24, 2.45) is 0 Å². The molecule has 0 bridgehead atoms. The van der Waals surface area contributed by atoms with E-state index in [1.165, 1.54) is 4.88 Å². The summed E-state index contributed by atoms with van der Waals surface area (Å²) in [5, 5.41) is 6.54. The van der Waals surface area contributed by atoms with Gasteiger partial charge in [0.1, 0.15) is 0 Å². The molecule has 0 spiro atoms. The van der Waals surface area contributed by atoms with Crippen LogP contribution in [0.15, 0.2) is 29.8 Å². The molecule has 0 aliphatic carbocycles. The van der Waals surface area contributed by atoms with Crippen molar-refractivity contribution in [1.29, 1.82) is 0 Å². The summed E-state index contributed by atoms with van der Waals surface area (Å²) in [4.78, 5) is 1.18. The van der Waals surface area contributed by atoms with Gasteiger partial charge in [-0.3, -0.25) is 8.89 Å². The molecule has 0 N–H and O–H groups in total. The molecule has 18 heavy (non-hydrogen) atoms. The van der Waals surface area contributed by atoms with Gasteiger partial charge >= 0.3 is 0 Å². The van der Waals surface area contributed by atoms with Crippen LogP contribution in [0.1, 0.15) is 42.6 Å². The molecule has 98 valence electrons. The van der Waals surface area contributed by atoms with Crippen LogP contribution in [-0.4, -0.2) is 14.0 Å². The third-order valence-electron chi connectivity index (χ3n) is 2.82. The Morgan fingerprint density at radius 2 is 2.17 bits per heavy atom. The summed E-state index contributed by atoms with van der Waals surface area (Å²) in [5.41, 5.74) is 0.908. The number of rotatable bonds is 5. The monoisotopic (exact) mass is 282 g/mol. The highest BCUT2D eigenvalue weighted by Crippen LogP contribution is 2.25. The van der Waals surface area contributed by atoms with Gasteiger partial charge in [0, 0.05) is 27.9 Å². The fourth-order valence-corrected chi connectivity index (χ4v) is 3.85. The van der Waals surface area contributed by atoms with Crippen LogP contribution in [-0.2, 0) is 16.6 Å². The molecule has 3 nitrogen and oxygen atoms in total. The molecule has 2 aromatic rings. The zero-order valence-electron chi connectivity index (χ0n) is 10.9. The van der Waals surface area contributed by atoms with Crippen molar-refractivity contribution < 1.29 is 4.21 Å². The van der Waals surface area contributed by atoms with Gasteiger partial charge < -0.3 is 0 Å². The predicted octanol–water partition coefficient (Wildman–Crippen LogP) is 3.54. The van der Waals surface area contributed by atoms with E-state index in [9.17, 15) is 4.21 Å². The van der Waals surface area contributed by atoms with E-state index in [4.69, 9.17) is 0 Å².